The molecule has 1 fully saturated rings. The van der Waals surface area contributed by atoms with Crippen molar-refractivity contribution in [3.8, 4) is 0 Å². The first-order chi connectivity index (χ1) is 28.7. The Kier molecular flexibility index (Phi) is 19.1. The van der Waals surface area contributed by atoms with E-state index in [-0.39, 0.29) is 30.8 Å². The Labute approximate surface area is 356 Å². The summed E-state index contributed by atoms with van der Waals surface area (Å²) >= 11 is 0. The monoisotopic (exact) mass is 871 g/mol. The van der Waals surface area contributed by atoms with Crippen LogP contribution < -0.4 is 43.4 Å². The molecule has 1 saturated heterocycles. The third-order valence-electron chi connectivity index (χ3n) is 9.93. The van der Waals surface area contributed by atoms with E-state index >= 15 is 0 Å². The minimum absolute atomic E-state index is 0.00883. The highest BCUT2D eigenvalue weighted by molar-refractivity contribution is 8.76. The lowest BCUT2D eigenvalue weighted by Crippen LogP contribution is -2.62. The maximum Gasteiger partial charge on any atom is 0.245 e. The molecule has 0 bridgehead atoms. The van der Waals surface area contributed by atoms with Crippen LogP contribution in [0.3, 0.4) is 0 Å². The molecule has 2 heterocycles. The molecule has 3 aromatic rings. The Morgan fingerprint density at radius 3 is 2.07 bits per heavy atom. The number of H-pyrrole nitrogens is 1. The predicted molar refractivity (Wildman–Crippen MR) is 230 cm³/mol. The molecule has 0 radical (unpaired) electrons. The lowest BCUT2D eigenvalue weighted by atomic mass is 10.0. The van der Waals surface area contributed by atoms with E-state index < -0.39 is 96.6 Å². The molecule has 9 atom stereocenters. The number of carbonyl (C=O) groups excluding carboxylic acids is 6. The molecule has 2 aromatic carbocycles. The Morgan fingerprint density at radius 2 is 1.40 bits per heavy atom. The van der Waals surface area contributed by atoms with E-state index in [2.05, 4.69) is 36.9 Å². The van der Waals surface area contributed by atoms with Crippen molar-refractivity contribution in [1.29, 1.82) is 0 Å². The van der Waals surface area contributed by atoms with Gasteiger partial charge in [-0.25, -0.2) is 0 Å². The number of aliphatic hydroxyl groups is 3. The van der Waals surface area contributed by atoms with E-state index in [9.17, 15) is 44.1 Å². The quantitative estimate of drug-likeness (QED) is 0.0687. The maximum absolute atomic E-state index is 14.4. The fourth-order valence-electron chi connectivity index (χ4n) is 6.39. The van der Waals surface area contributed by atoms with Gasteiger partial charge in [0.15, 0.2) is 0 Å². The van der Waals surface area contributed by atoms with Crippen molar-refractivity contribution in [3.63, 3.8) is 0 Å². The maximum atomic E-state index is 14.4. The molecule has 1 aliphatic heterocycles. The van der Waals surface area contributed by atoms with Crippen molar-refractivity contribution in [1.82, 2.24) is 36.9 Å². The average Bonchev–Trinajstić information content (AvgIpc) is 3.63. The minimum Gasteiger partial charge on any atom is -0.394 e. The number of aromatic amines is 1. The number of nitrogens with one attached hydrogen (secondary N) is 7. The number of rotatable bonds is 13. The lowest BCUT2D eigenvalue weighted by Gasteiger charge is -2.29. The van der Waals surface area contributed by atoms with Gasteiger partial charge in [0, 0.05) is 41.4 Å². The highest BCUT2D eigenvalue weighted by atomic mass is 33.1. The van der Waals surface area contributed by atoms with E-state index in [1.807, 2.05) is 30.3 Å². The summed E-state index contributed by atoms with van der Waals surface area (Å²) in [5, 5.41) is 47.2. The molecule has 3 unspecified atom stereocenters. The molecule has 18 nitrogen and oxygen atoms in total. The third-order valence-corrected chi connectivity index (χ3v) is 12.4. The topological polar surface area (TPSA) is 303 Å². The first-order valence-electron chi connectivity index (χ1n) is 19.8. The summed E-state index contributed by atoms with van der Waals surface area (Å²) in [5.41, 5.74) is 14.2. The van der Waals surface area contributed by atoms with Crippen LogP contribution >= 0.6 is 21.6 Å². The summed E-state index contributed by atoms with van der Waals surface area (Å²) in [6.45, 7) is 2.33. The van der Waals surface area contributed by atoms with Crippen LogP contribution in [0.1, 0.15) is 44.2 Å². The first-order valence-corrected chi connectivity index (χ1v) is 22.3. The average molecular weight is 872 g/mol. The molecule has 328 valence electrons. The van der Waals surface area contributed by atoms with E-state index in [1.165, 1.54) is 13.8 Å². The van der Waals surface area contributed by atoms with E-state index in [0.717, 1.165) is 38.1 Å². The number of fused-ring (bicyclic) bond motifs is 1. The zero-order valence-electron chi connectivity index (χ0n) is 33.6. The largest absolute Gasteiger partial charge is 0.394 e. The number of amides is 6. The molecule has 0 saturated carbocycles. The SMILES string of the molecule is CC(O)C(CO)NC(=O)[C@@H]1CSSC[C@H](N)C(=O)NC(Cc2ccccc2)C(=O)N[C@H](Cc2c[nH]c3ccccc23)C(=O)N[C@@H](CCCCN)C(=O)N[C@@H]([C@@H](C)O)C(=O)N1. The summed E-state index contributed by atoms with van der Waals surface area (Å²) < 4.78 is 0. The molecule has 4 rings (SSSR count). The fourth-order valence-corrected chi connectivity index (χ4v) is 8.68. The molecule has 6 amide bonds. The van der Waals surface area contributed by atoms with Crippen LogP contribution in [-0.2, 0) is 41.6 Å². The smallest absolute Gasteiger partial charge is 0.245 e. The van der Waals surface area contributed by atoms with Crippen LogP contribution in [0.5, 0.6) is 0 Å². The van der Waals surface area contributed by atoms with Crippen LogP contribution in [0.2, 0.25) is 0 Å². The van der Waals surface area contributed by atoms with Gasteiger partial charge in [0.2, 0.25) is 35.4 Å². The summed E-state index contributed by atoms with van der Waals surface area (Å²) in [7, 11) is 2.20. The van der Waals surface area contributed by atoms with E-state index in [0.29, 0.717) is 24.9 Å². The molecular weight excluding hydrogens is 815 g/mol. The van der Waals surface area contributed by atoms with Gasteiger partial charge in [0.25, 0.3) is 0 Å². The van der Waals surface area contributed by atoms with Crippen molar-refractivity contribution >= 4 is 67.9 Å². The van der Waals surface area contributed by atoms with Gasteiger partial charge in [-0.05, 0) is 56.8 Å². The number of aromatic nitrogens is 1. The van der Waals surface area contributed by atoms with Gasteiger partial charge in [-0.2, -0.15) is 0 Å². The van der Waals surface area contributed by atoms with Crippen LogP contribution in [0.25, 0.3) is 10.9 Å². The van der Waals surface area contributed by atoms with Gasteiger partial charge in [-0.15, -0.1) is 0 Å². The molecule has 14 N–H and O–H groups in total. The van der Waals surface area contributed by atoms with Crippen molar-refractivity contribution < 1.29 is 44.1 Å². The number of carbonyl (C=O) groups is 6. The number of unbranched alkanes of at least 4 members (excludes halogenated alkanes) is 1. The number of hydrogen-bond donors (Lipinski definition) is 12. The van der Waals surface area contributed by atoms with E-state index in [1.54, 1.807) is 30.5 Å². The van der Waals surface area contributed by atoms with Crippen molar-refractivity contribution in [2.45, 2.75) is 100 Å². The Balaban J connectivity index is 1.74. The van der Waals surface area contributed by atoms with Gasteiger partial charge >= 0.3 is 0 Å². The number of aliphatic hydroxyl groups excluding tert-OH is 3. The Bertz CT molecular complexity index is 1900. The number of para-hydroxylation sites is 1. The second kappa shape index (κ2) is 23.9. The number of hydrogen-bond acceptors (Lipinski definition) is 13. The minimum atomic E-state index is -1.60. The predicted octanol–water partition coefficient (Wildman–Crippen LogP) is -1.53. The van der Waals surface area contributed by atoms with Gasteiger partial charge < -0.3 is 63.7 Å². The van der Waals surface area contributed by atoms with Gasteiger partial charge in [-0.3, -0.25) is 28.8 Å². The molecule has 20 heteroatoms. The second-order valence-corrected chi connectivity index (χ2v) is 17.3. The summed E-state index contributed by atoms with van der Waals surface area (Å²) in [4.78, 5) is 86.5. The highest BCUT2D eigenvalue weighted by Gasteiger charge is 2.35. The molecule has 1 aromatic heterocycles. The first kappa shape index (κ1) is 48.0. The molecule has 0 aliphatic carbocycles. The van der Waals surface area contributed by atoms with Gasteiger partial charge in [-0.1, -0.05) is 70.1 Å². The zero-order chi connectivity index (χ0) is 43.8. The lowest BCUT2D eigenvalue weighted by molar-refractivity contribution is -0.136. The van der Waals surface area contributed by atoms with Crippen molar-refractivity contribution in [2.24, 2.45) is 11.5 Å². The van der Waals surface area contributed by atoms with Crippen molar-refractivity contribution in [3.05, 3.63) is 71.9 Å². The molecule has 1 aliphatic rings. The molecule has 60 heavy (non-hydrogen) atoms. The summed E-state index contributed by atoms with van der Waals surface area (Å²) in [6, 6.07) is 7.51. The van der Waals surface area contributed by atoms with Crippen LogP contribution in [0.4, 0.5) is 0 Å². The molecular formula is C40H57N9O9S2. The van der Waals surface area contributed by atoms with Crippen molar-refractivity contribution in [2.75, 3.05) is 24.7 Å². The summed E-state index contributed by atoms with van der Waals surface area (Å²) in [6.07, 6.45) is 0.0762. The van der Waals surface area contributed by atoms with Crippen LogP contribution in [-0.4, -0.2) is 135 Å². The van der Waals surface area contributed by atoms with Gasteiger partial charge in [0.1, 0.15) is 30.2 Å². The normalized spacial score (nSPS) is 24.5. The fraction of sp³-hybridized carbons (Fsp3) is 0.500. The Morgan fingerprint density at radius 1 is 0.783 bits per heavy atom. The van der Waals surface area contributed by atoms with Crippen LogP contribution in [0, 0.1) is 0 Å². The van der Waals surface area contributed by atoms with E-state index in [4.69, 9.17) is 11.5 Å². The van der Waals surface area contributed by atoms with Crippen LogP contribution in [0.15, 0.2) is 60.8 Å². The summed E-state index contributed by atoms with van der Waals surface area (Å²) in [5.74, 6) is -4.72. The number of benzene rings is 2. The zero-order valence-corrected chi connectivity index (χ0v) is 35.2. The third kappa shape index (κ3) is 14.2. The Hall–Kier alpha value is -4.70. The van der Waals surface area contributed by atoms with Gasteiger partial charge in [0.05, 0.1) is 30.9 Å². The highest BCUT2D eigenvalue weighted by Crippen LogP contribution is 2.24. The second-order valence-electron chi connectivity index (χ2n) is 14.7. The standard InChI is InChI=1S/C40H57N9O9S2/c1-22(51)32(19-50)47-39(57)33-21-60-59-20-27(42)35(53)45-30(16-24-10-4-3-5-11-24)37(55)46-31(17-25-18-43-28-13-7-6-12-26(25)28)38(56)44-29(14-8-9-15-41)36(54)49-34(23(2)52)40(58)48-33/h3-7,10-13,18,22-23,27,29-34,43,50-52H,8-9,14-17,19-21,41-42H2,1-2H3,(H,44,56)(H,45,53)(H,46,55)(H,47,57)(H,48,58)(H,49,54)/t22?,23-,27+,29+,30?,31-,32?,33+,34+/m1/s1. The number of nitrogens with two attached hydrogens (primary N) is 2. The molecule has 0 spiro atoms.